The molecule has 5 heteroatoms. The number of fused-ring (bicyclic) bond motifs is 1. The van der Waals surface area contributed by atoms with Crippen molar-refractivity contribution in [2.45, 2.75) is 19.3 Å². The van der Waals surface area contributed by atoms with Gasteiger partial charge >= 0.3 is 0 Å². The van der Waals surface area contributed by atoms with E-state index in [0.717, 1.165) is 24.8 Å². The second kappa shape index (κ2) is 4.01. The average Bonchev–Trinajstić information content (AvgIpc) is 2.52. The maximum absolute atomic E-state index is 11.8. The van der Waals surface area contributed by atoms with Crippen molar-refractivity contribution < 1.29 is 4.79 Å². The molecule has 2 N–H and O–H groups in total. The molecule has 0 spiro atoms. The number of H-pyrrole nitrogens is 1. The first-order valence-corrected chi connectivity index (χ1v) is 6.15. The van der Waals surface area contributed by atoms with Gasteiger partial charge in [-0.05, 0) is 31.0 Å². The number of hydrogen-bond donors (Lipinski definition) is 2. The third-order valence-corrected chi connectivity index (χ3v) is 3.62. The smallest absolute Gasteiger partial charge is 0.272 e. The highest BCUT2D eigenvalue weighted by Gasteiger charge is 2.25. The molecule has 0 unspecified atom stereocenters. The van der Waals surface area contributed by atoms with E-state index in [-0.39, 0.29) is 17.4 Å². The maximum atomic E-state index is 11.8. The lowest BCUT2D eigenvalue weighted by Gasteiger charge is -2.24. The predicted molar refractivity (Wildman–Crippen MR) is 69.5 cm³/mol. The predicted octanol–water partition coefficient (Wildman–Crippen LogP) is 1.61. The van der Waals surface area contributed by atoms with Gasteiger partial charge in [0.05, 0.1) is 10.9 Å². The van der Waals surface area contributed by atoms with E-state index in [1.807, 2.05) is 12.1 Å². The Bertz CT molecular complexity index is 664. The molecule has 0 saturated heterocycles. The van der Waals surface area contributed by atoms with Gasteiger partial charge in [0.25, 0.3) is 5.56 Å². The summed E-state index contributed by atoms with van der Waals surface area (Å²) >= 11 is 0. The highest BCUT2D eigenvalue weighted by Crippen LogP contribution is 2.27. The zero-order valence-corrected chi connectivity index (χ0v) is 10.2. The van der Waals surface area contributed by atoms with Crippen LogP contribution in [0.2, 0.25) is 0 Å². The Morgan fingerprint density at radius 3 is 2.89 bits per heavy atom. The Hall–Kier alpha value is -2.04. The summed E-state index contributed by atoms with van der Waals surface area (Å²) < 4.78 is 1.68. The first-order valence-electron chi connectivity index (χ1n) is 6.15. The summed E-state index contributed by atoms with van der Waals surface area (Å²) in [5, 5.41) is 6.16. The van der Waals surface area contributed by atoms with Crippen LogP contribution in [0.5, 0.6) is 0 Å². The first-order chi connectivity index (χ1) is 8.65. The second-order valence-electron chi connectivity index (χ2n) is 4.85. The number of carbonyl (C=O) groups is 1. The highest BCUT2D eigenvalue weighted by molar-refractivity contribution is 5.95. The van der Waals surface area contributed by atoms with Crippen molar-refractivity contribution in [1.82, 2.24) is 9.78 Å². The van der Waals surface area contributed by atoms with E-state index in [1.54, 1.807) is 17.8 Å². The molecule has 94 valence electrons. The SMILES string of the molecule is Cn1[nH]c(=O)c2cc(NC(=O)C3CCC3)ccc21. The van der Waals surface area contributed by atoms with E-state index in [9.17, 15) is 9.59 Å². The molecule has 1 aromatic heterocycles. The third-order valence-electron chi connectivity index (χ3n) is 3.62. The molecule has 0 radical (unpaired) electrons. The molecule has 3 rings (SSSR count). The van der Waals surface area contributed by atoms with Gasteiger partial charge in [-0.3, -0.25) is 19.4 Å². The van der Waals surface area contributed by atoms with E-state index in [0.29, 0.717) is 11.1 Å². The molecule has 1 aliphatic carbocycles. The van der Waals surface area contributed by atoms with Gasteiger partial charge < -0.3 is 5.32 Å². The van der Waals surface area contributed by atoms with Crippen LogP contribution in [-0.4, -0.2) is 15.7 Å². The van der Waals surface area contributed by atoms with E-state index < -0.39 is 0 Å². The van der Waals surface area contributed by atoms with Crippen LogP contribution in [0.15, 0.2) is 23.0 Å². The van der Waals surface area contributed by atoms with E-state index in [2.05, 4.69) is 10.4 Å². The van der Waals surface area contributed by atoms with Crippen molar-refractivity contribution in [3.05, 3.63) is 28.6 Å². The molecule has 1 amide bonds. The maximum Gasteiger partial charge on any atom is 0.272 e. The molecular weight excluding hydrogens is 230 g/mol. The quantitative estimate of drug-likeness (QED) is 0.844. The van der Waals surface area contributed by atoms with Gasteiger partial charge in [0.15, 0.2) is 0 Å². The number of rotatable bonds is 2. The molecule has 1 fully saturated rings. The van der Waals surface area contributed by atoms with Crippen LogP contribution >= 0.6 is 0 Å². The van der Waals surface area contributed by atoms with Gasteiger partial charge in [0.2, 0.25) is 5.91 Å². The summed E-state index contributed by atoms with van der Waals surface area (Å²) in [5.41, 5.74) is 1.39. The van der Waals surface area contributed by atoms with E-state index in [1.165, 1.54) is 0 Å². The Kier molecular flexibility index (Phi) is 2.47. The van der Waals surface area contributed by atoms with E-state index in [4.69, 9.17) is 0 Å². The van der Waals surface area contributed by atoms with Crippen molar-refractivity contribution in [2.24, 2.45) is 13.0 Å². The Labute approximate surface area is 104 Å². The zero-order chi connectivity index (χ0) is 12.7. The number of carbonyl (C=O) groups excluding carboxylic acids is 1. The highest BCUT2D eigenvalue weighted by atomic mass is 16.2. The topological polar surface area (TPSA) is 66.9 Å². The lowest BCUT2D eigenvalue weighted by molar-refractivity contribution is -0.122. The van der Waals surface area contributed by atoms with Crippen LogP contribution in [-0.2, 0) is 11.8 Å². The van der Waals surface area contributed by atoms with Crippen molar-refractivity contribution in [1.29, 1.82) is 0 Å². The summed E-state index contributed by atoms with van der Waals surface area (Å²) in [5.74, 6) is 0.211. The van der Waals surface area contributed by atoms with Crippen molar-refractivity contribution in [3.63, 3.8) is 0 Å². The van der Waals surface area contributed by atoms with Crippen LogP contribution < -0.4 is 10.9 Å². The molecule has 2 aromatic rings. The fourth-order valence-electron chi connectivity index (χ4n) is 2.28. The minimum absolute atomic E-state index is 0.0629. The van der Waals surface area contributed by atoms with Crippen molar-refractivity contribution in [2.75, 3.05) is 5.32 Å². The Balaban J connectivity index is 1.90. The molecule has 5 nitrogen and oxygen atoms in total. The molecule has 1 heterocycles. The summed E-state index contributed by atoms with van der Waals surface area (Å²) in [6.45, 7) is 0. The van der Waals surface area contributed by atoms with Crippen molar-refractivity contribution in [3.8, 4) is 0 Å². The fraction of sp³-hybridized carbons (Fsp3) is 0.385. The van der Waals surface area contributed by atoms with Crippen LogP contribution in [0.4, 0.5) is 5.69 Å². The van der Waals surface area contributed by atoms with Gasteiger partial charge in [-0.1, -0.05) is 6.42 Å². The normalized spacial score (nSPS) is 15.6. The van der Waals surface area contributed by atoms with Gasteiger partial charge in [-0.2, -0.15) is 0 Å². The summed E-state index contributed by atoms with van der Waals surface area (Å²) in [7, 11) is 1.79. The largest absolute Gasteiger partial charge is 0.326 e. The first kappa shape index (κ1) is 11.1. The Morgan fingerprint density at radius 1 is 1.44 bits per heavy atom. The zero-order valence-electron chi connectivity index (χ0n) is 10.2. The molecule has 0 bridgehead atoms. The number of hydrogen-bond acceptors (Lipinski definition) is 2. The van der Waals surface area contributed by atoms with Crippen LogP contribution in [0.1, 0.15) is 19.3 Å². The lowest BCUT2D eigenvalue weighted by atomic mass is 9.85. The standard InChI is InChI=1S/C13H15N3O2/c1-16-11-6-5-9(7-10(11)13(18)15-16)14-12(17)8-3-2-4-8/h5-8H,2-4H2,1H3,(H,14,17)(H,15,18). The second-order valence-corrected chi connectivity index (χ2v) is 4.85. The molecule has 18 heavy (non-hydrogen) atoms. The number of amides is 1. The number of nitrogens with one attached hydrogen (secondary N) is 2. The summed E-state index contributed by atoms with van der Waals surface area (Å²) in [6, 6.07) is 5.39. The van der Waals surface area contributed by atoms with Gasteiger partial charge in [-0.15, -0.1) is 0 Å². The molecular formula is C13H15N3O2. The number of aryl methyl sites for hydroxylation is 1. The number of nitrogens with zero attached hydrogens (tertiary/aromatic N) is 1. The molecule has 1 aromatic carbocycles. The minimum Gasteiger partial charge on any atom is -0.326 e. The molecule has 0 atom stereocenters. The Morgan fingerprint density at radius 2 is 2.22 bits per heavy atom. The summed E-state index contributed by atoms with van der Waals surface area (Å²) in [4.78, 5) is 23.5. The number of anilines is 1. The van der Waals surface area contributed by atoms with Gasteiger partial charge in [0.1, 0.15) is 0 Å². The fourth-order valence-corrected chi connectivity index (χ4v) is 2.28. The monoisotopic (exact) mass is 245 g/mol. The lowest BCUT2D eigenvalue weighted by Crippen LogP contribution is -2.28. The number of aromatic amines is 1. The number of benzene rings is 1. The van der Waals surface area contributed by atoms with Gasteiger partial charge in [0, 0.05) is 18.7 Å². The average molecular weight is 245 g/mol. The van der Waals surface area contributed by atoms with E-state index >= 15 is 0 Å². The van der Waals surface area contributed by atoms with Crippen LogP contribution in [0, 0.1) is 5.92 Å². The third kappa shape index (κ3) is 1.72. The van der Waals surface area contributed by atoms with Gasteiger partial charge in [-0.25, -0.2) is 0 Å². The number of aromatic nitrogens is 2. The van der Waals surface area contributed by atoms with Crippen molar-refractivity contribution >= 4 is 22.5 Å². The van der Waals surface area contributed by atoms with Crippen LogP contribution in [0.3, 0.4) is 0 Å². The minimum atomic E-state index is -0.132. The molecule has 1 aliphatic rings. The van der Waals surface area contributed by atoms with Crippen LogP contribution in [0.25, 0.3) is 10.9 Å². The molecule has 0 aliphatic heterocycles. The molecule has 1 saturated carbocycles. The summed E-state index contributed by atoms with van der Waals surface area (Å²) in [6.07, 6.45) is 3.08.